The number of aromatic amines is 1. The second-order valence-electron chi connectivity index (χ2n) is 24.6. The molecule has 0 fully saturated rings. The van der Waals surface area contributed by atoms with Crippen molar-refractivity contribution in [1.29, 1.82) is 0 Å². The third-order valence-electron chi connectivity index (χ3n) is 19.0. The average Bonchev–Trinajstić information content (AvgIpc) is 1.52. The Balaban J connectivity index is 0.000000126. The molecule has 0 amide bonds. The Hall–Kier alpha value is -9.26. The van der Waals surface area contributed by atoms with Gasteiger partial charge < -0.3 is 0 Å². The van der Waals surface area contributed by atoms with Gasteiger partial charge in [0.15, 0.2) is 22.1 Å². The number of hydrogen-bond donors (Lipinski definition) is 1. The zero-order valence-electron chi connectivity index (χ0n) is 51.0. The molecule has 0 saturated heterocycles. The van der Waals surface area contributed by atoms with Crippen LogP contribution in [0.5, 0.6) is 0 Å². The summed E-state index contributed by atoms with van der Waals surface area (Å²) in [4.78, 5) is 8.30. The predicted molar refractivity (Wildman–Crippen MR) is 357 cm³/mol. The second kappa shape index (κ2) is 20.6. The van der Waals surface area contributed by atoms with E-state index in [0.29, 0.717) is 0 Å². The summed E-state index contributed by atoms with van der Waals surface area (Å²) in [5.74, 6) is 0. The van der Waals surface area contributed by atoms with Gasteiger partial charge in [0.25, 0.3) is 0 Å². The quantitative estimate of drug-likeness (QED) is 0.135. The van der Waals surface area contributed by atoms with Crippen molar-refractivity contribution >= 4 is 89.6 Å². The van der Waals surface area contributed by atoms with Gasteiger partial charge in [-0.05, 0) is 144 Å². The van der Waals surface area contributed by atoms with E-state index < -0.39 is 12.3 Å². The van der Waals surface area contributed by atoms with Crippen molar-refractivity contribution in [3.05, 3.63) is 273 Å². The summed E-state index contributed by atoms with van der Waals surface area (Å²) in [5, 5.41) is 0. The number of hydrogen-bond acceptors (Lipinski definition) is 1. The fourth-order valence-electron chi connectivity index (χ4n) is 16.8. The van der Waals surface area contributed by atoms with Crippen LogP contribution in [-0.4, -0.2) is 31.4 Å². The minimum atomic E-state index is -1.43. The number of H-pyrrole nitrogens is 1. The number of nitrogens with one attached hydrogen (secondary N) is 1. The van der Waals surface area contributed by atoms with Gasteiger partial charge in [-0.15, -0.1) is 10.9 Å². The molecule has 84 heavy (non-hydrogen) atoms. The van der Waals surface area contributed by atoms with Gasteiger partial charge in [0.05, 0.1) is 40.9 Å². The highest BCUT2D eigenvalue weighted by atomic mass is 15.2. The molecule has 10 aromatic carbocycles. The number of aromatic nitrogens is 6. The van der Waals surface area contributed by atoms with Crippen molar-refractivity contribution < 1.29 is 9.13 Å². The number of nitrogens with zero attached hydrogens (tertiary/aromatic N) is 5. The van der Waals surface area contributed by atoms with Gasteiger partial charge in [0, 0.05) is 5.69 Å². The van der Waals surface area contributed by atoms with E-state index in [1.165, 1.54) is 144 Å². The molecule has 0 saturated carbocycles. The van der Waals surface area contributed by atoms with Crippen LogP contribution in [0.1, 0.15) is 66.8 Å². The Morgan fingerprint density at radius 1 is 0.405 bits per heavy atom. The Labute approximate surface area is 495 Å². The molecule has 0 bridgehead atoms. The van der Waals surface area contributed by atoms with Crippen LogP contribution in [0, 0.1) is 83.1 Å². The summed E-state index contributed by atoms with van der Waals surface area (Å²) in [5.41, 5.74) is 38.4. The molecule has 0 unspecified atom stereocenters. The van der Waals surface area contributed by atoms with E-state index in [0.717, 1.165) is 16.7 Å². The largest absolute Gasteiger partial charge is 0.299 e. The molecular weight excluding hydrogens is 1020 g/mol. The topological polar surface area (TPSA) is 46.3 Å². The lowest BCUT2D eigenvalue weighted by Crippen LogP contribution is -2.80. The Kier molecular flexibility index (Phi) is 13.2. The smallest absolute Gasteiger partial charge is 0.207 e. The molecule has 2 aliphatic heterocycles. The van der Waals surface area contributed by atoms with E-state index in [-0.39, 0.29) is 0 Å². The van der Waals surface area contributed by atoms with E-state index in [1.54, 1.807) is 0 Å². The lowest BCUT2D eigenvalue weighted by atomic mass is 9.14. The normalized spacial score (nSPS) is 13.2. The lowest BCUT2D eigenvalue weighted by molar-refractivity contribution is -0.627. The third kappa shape index (κ3) is 8.12. The Morgan fingerprint density at radius 2 is 0.833 bits per heavy atom. The van der Waals surface area contributed by atoms with Crippen LogP contribution < -0.4 is 53.4 Å². The number of benzene rings is 10. The van der Waals surface area contributed by atoms with Crippen LogP contribution in [-0.2, 0) is 7.05 Å². The molecule has 0 radical (unpaired) electrons. The van der Waals surface area contributed by atoms with Crippen LogP contribution in [0.2, 0.25) is 0 Å². The maximum absolute atomic E-state index is 4.36. The monoisotopic (exact) mass is 1090 g/mol. The van der Waals surface area contributed by atoms with E-state index in [1.807, 2.05) is 42.7 Å². The molecule has 0 spiro atoms. The maximum Gasteiger partial charge on any atom is 0.207 e. The number of imidazole rings is 3. The van der Waals surface area contributed by atoms with Gasteiger partial charge >= 0.3 is 0 Å². The standard InChI is InChI=1S/C32H33BN2.C31H30BN2.C13H10N2/c1-20-16-22(3)30(23(4)17-20)33(31-24(5)18-21(2)19-25(31)6)26-12-8-9-13-27(26)35-29-15-11-10-14-28(29)34(7)32(33)35;1-19-15-21(3)29(22(4)16-19)32(30-23(5)17-20(2)18-24(30)6)25-11-7-9-13-27(25)34-28-14-10-8-12-26(28)33-31(32)34;1-2-6-11(7-3-1)15-10-14-12-8-4-5-9-13(12)15/h8-19H,1-7H3;7-18H,1-6H3;1-10H/q;-1;/p+1. The molecule has 8 heteroatoms. The van der Waals surface area contributed by atoms with Gasteiger partial charge in [0.1, 0.15) is 6.33 Å². The Bertz CT molecular complexity index is 4580. The predicted octanol–water partition coefficient (Wildman–Crippen LogP) is 11.0. The number of fused-ring (bicyclic) bond motifs is 11. The third-order valence-corrected chi connectivity index (χ3v) is 19.0. The highest BCUT2D eigenvalue weighted by molar-refractivity contribution is 7.21. The molecule has 0 atom stereocenters. The highest BCUT2D eigenvalue weighted by Crippen LogP contribution is 2.30. The van der Waals surface area contributed by atoms with E-state index in [2.05, 4.69) is 282 Å². The minimum Gasteiger partial charge on any atom is -0.299 e. The van der Waals surface area contributed by atoms with Crippen LogP contribution in [0.15, 0.2) is 207 Å². The lowest BCUT2D eigenvalue weighted by Gasteiger charge is -2.41. The SMILES string of the molecule is Cc1cc(C)c([B-]2(c3c(C)cc(C)cc3C)c3ccccc3-[n+]3c2[nH]c2ccccc23)c(C)c1.Cc1cc(C)c([B-]2(c3c(C)cc(C)cc3C)c3ccccc3-n3c2[n+](C)c2ccccc23)c(C)c1.c1ccc(-n2cnc3ccccc32)cc1. The summed E-state index contributed by atoms with van der Waals surface area (Å²) < 4.78 is 9.59. The summed E-state index contributed by atoms with van der Waals surface area (Å²) in [6, 6.07) is 73.0. The molecule has 0 aliphatic carbocycles. The van der Waals surface area contributed by atoms with Gasteiger partial charge in [-0.25, -0.2) is 14.1 Å². The highest BCUT2D eigenvalue weighted by Gasteiger charge is 2.53. The van der Waals surface area contributed by atoms with E-state index in [4.69, 9.17) is 0 Å². The van der Waals surface area contributed by atoms with Gasteiger partial charge in [-0.1, -0.05) is 206 Å². The first kappa shape index (κ1) is 54.0. The molecule has 5 heterocycles. The average molecular weight is 1090 g/mol. The van der Waals surface area contributed by atoms with Crippen LogP contribution in [0.4, 0.5) is 0 Å². The first-order chi connectivity index (χ1) is 40.5. The molecule has 6 nitrogen and oxygen atoms in total. The Morgan fingerprint density at radius 3 is 1.39 bits per heavy atom. The summed E-state index contributed by atoms with van der Waals surface area (Å²) >= 11 is 0. The summed E-state index contributed by atoms with van der Waals surface area (Å²) in [6.45, 7) is 27.3. The maximum atomic E-state index is 4.36. The van der Waals surface area contributed by atoms with Crippen LogP contribution >= 0.6 is 0 Å². The van der Waals surface area contributed by atoms with Gasteiger partial charge in [-0.2, -0.15) is 21.9 Å². The molecule has 3 aromatic heterocycles. The van der Waals surface area contributed by atoms with Crippen molar-refractivity contribution in [3.8, 4) is 17.1 Å². The van der Waals surface area contributed by atoms with Crippen molar-refractivity contribution in [1.82, 2.24) is 19.1 Å². The molecule has 2 aliphatic rings. The molecule has 1 N–H and O–H groups in total. The first-order valence-electron chi connectivity index (χ1n) is 29.9. The van der Waals surface area contributed by atoms with Crippen LogP contribution in [0.3, 0.4) is 0 Å². The number of para-hydroxylation sites is 9. The fraction of sp³-hybridized carbons (Fsp3) is 0.171. The van der Waals surface area contributed by atoms with Gasteiger partial charge in [-0.3, -0.25) is 14.1 Å². The van der Waals surface area contributed by atoms with Gasteiger partial charge in [0.2, 0.25) is 12.3 Å². The second-order valence-corrected chi connectivity index (χ2v) is 24.6. The zero-order valence-corrected chi connectivity index (χ0v) is 51.0. The van der Waals surface area contributed by atoms with E-state index in [9.17, 15) is 0 Å². The number of aryl methyl sites for hydroxylation is 13. The minimum absolute atomic E-state index is 1.03. The van der Waals surface area contributed by atoms with Crippen molar-refractivity contribution in [2.45, 2.75) is 83.1 Å². The van der Waals surface area contributed by atoms with Crippen molar-refractivity contribution in [2.75, 3.05) is 0 Å². The van der Waals surface area contributed by atoms with Crippen LogP contribution in [0.25, 0.3) is 50.2 Å². The van der Waals surface area contributed by atoms with Crippen molar-refractivity contribution in [2.24, 2.45) is 7.05 Å². The van der Waals surface area contributed by atoms with Crippen molar-refractivity contribution in [3.63, 3.8) is 0 Å². The fourth-order valence-corrected chi connectivity index (χ4v) is 16.8. The number of rotatable bonds is 5. The molecule has 13 aromatic rings. The molecular formula is C76H74B2N6. The molecule has 414 valence electrons. The van der Waals surface area contributed by atoms with E-state index >= 15 is 0 Å². The zero-order chi connectivity index (χ0) is 58.5. The summed E-state index contributed by atoms with van der Waals surface area (Å²) in [6.07, 6.45) is -0.983. The molecule has 15 rings (SSSR count). The first-order valence-corrected chi connectivity index (χ1v) is 29.9. The summed E-state index contributed by atoms with van der Waals surface area (Å²) in [7, 11) is 2.26.